The molecule has 1 aliphatic heterocycles. The predicted octanol–water partition coefficient (Wildman–Crippen LogP) is 6.92. The van der Waals surface area contributed by atoms with Crippen LogP contribution in [0.4, 0.5) is 18.0 Å². The van der Waals surface area contributed by atoms with Crippen molar-refractivity contribution >= 4 is 16.9 Å². The number of halogens is 3. The van der Waals surface area contributed by atoms with Gasteiger partial charge in [0.15, 0.2) is 0 Å². The van der Waals surface area contributed by atoms with Gasteiger partial charge in [-0.05, 0) is 71.0 Å². The average molecular weight is 535 g/mol. The summed E-state index contributed by atoms with van der Waals surface area (Å²) in [7, 11) is 0. The van der Waals surface area contributed by atoms with Crippen molar-refractivity contribution in [2.75, 3.05) is 19.6 Å². The Balaban J connectivity index is 1.17. The lowest BCUT2D eigenvalue weighted by Crippen LogP contribution is -2.42. The number of para-hydroxylation sites is 1. The maximum atomic E-state index is 13.2. The van der Waals surface area contributed by atoms with Gasteiger partial charge in [0.1, 0.15) is 18.1 Å². The maximum Gasteiger partial charge on any atom is 0.419 e. The summed E-state index contributed by atoms with van der Waals surface area (Å²) in [6.45, 7) is 2.09. The van der Waals surface area contributed by atoms with Gasteiger partial charge in [-0.2, -0.15) is 13.2 Å². The molecule has 0 spiro atoms. The lowest BCUT2D eigenvalue weighted by molar-refractivity contribution is -0.139. The number of fused-ring (bicyclic) bond motifs is 1. The van der Waals surface area contributed by atoms with Gasteiger partial charge in [-0.15, -0.1) is 0 Å². The van der Waals surface area contributed by atoms with Crippen LogP contribution in [-0.2, 0) is 12.8 Å². The summed E-state index contributed by atoms with van der Waals surface area (Å²) >= 11 is 0. The number of ether oxygens (including phenoxy) is 2. The van der Waals surface area contributed by atoms with Crippen LogP contribution < -0.4 is 20.1 Å². The van der Waals surface area contributed by atoms with E-state index in [4.69, 9.17) is 9.47 Å². The van der Waals surface area contributed by atoms with E-state index in [2.05, 4.69) is 10.6 Å². The highest BCUT2D eigenvalue weighted by Gasteiger charge is 2.34. The van der Waals surface area contributed by atoms with Crippen molar-refractivity contribution in [2.24, 2.45) is 5.92 Å². The van der Waals surface area contributed by atoms with Crippen molar-refractivity contribution < 1.29 is 27.4 Å². The molecule has 2 N–H and O–H groups in total. The van der Waals surface area contributed by atoms with Gasteiger partial charge in [0.2, 0.25) is 0 Å². The minimum absolute atomic E-state index is 0.0329. The van der Waals surface area contributed by atoms with E-state index in [1.54, 1.807) is 6.07 Å². The monoisotopic (exact) mass is 534 g/mol. The minimum Gasteiger partial charge on any atom is -0.488 e. The molecular formula is C31H29F3N2O3. The van der Waals surface area contributed by atoms with Crippen LogP contribution in [-0.4, -0.2) is 25.7 Å². The second kappa shape index (κ2) is 11.8. The quantitative estimate of drug-likeness (QED) is 0.270. The van der Waals surface area contributed by atoms with Crippen molar-refractivity contribution in [3.05, 3.63) is 108 Å². The second-order valence-electron chi connectivity index (χ2n) is 9.66. The topological polar surface area (TPSA) is 59.6 Å². The van der Waals surface area contributed by atoms with Crippen molar-refractivity contribution in [3.63, 3.8) is 0 Å². The first-order chi connectivity index (χ1) is 18.9. The number of nitrogens with one attached hydrogen (secondary N) is 2. The molecule has 4 aromatic carbocycles. The molecule has 4 aromatic rings. The molecule has 2 atom stereocenters. The molecule has 1 amide bonds. The van der Waals surface area contributed by atoms with Crippen LogP contribution in [0.15, 0.2) is 91.0 Å². The van der Waals surface area contributed by atoms with Gasteiger partial charge in [-0.25, -0.2) is 4.79 Å². The predicted molar refractivity (Wildman–Crippen MR) is 144 cm³/mol. The highest BCUT2D eigenvalue weighted by molar-refractivity contribution is 5.84. The standard InChI is InChI=1S/C31H29F3N2O3/c32-31(33,34)28-7-3-4-8-29(28)38-20-21-9-11-23(12-10-21)27-15-16-35-18-25(27)19-36-30(37)39-26-14-13-22-5-1-2-6-24(22)17-26/h1-14,17,25,27,35H,15-16,18-20H2,(H,36,37). The molecule has 0 saturated carbocycles. The number of rotatable bonds is 7. The number of alkyl halides is 3. The molecule has 5 rings (SSSR count). The fourth-order valence-electron chi connectivity index (χ4n) is 5.01. The summed E-state index contributed by atoms with van der Waals surface area (Å²) < 4.78 is 50.7. The Bertz CT molecular complexity index is 1420. The molecule has 5 nitrogen and oxygen atoms in total. The molecule has 1 heterocycles. The fraction of sp³-hybridized carbons (Fsp3) is 0.258. The van der Waals surface area contributed by atoms with Crippen LogP contribution in [0.2, 0.25) is 0 Å². The smallest absolute Gasteiger partial charge is 0.419 e. The molecule has 1 fully saturated rings. The van der Waals surface area contributed by atoms with E-state index in [0.717, 1.165) is 47.5 Å². The van der Waals surface area contributed by atoms with E-state index in [-0.39, 0.29) is 24.2 Å². The van der Waals surface area contributed by atoms with Crippen molar-refractivity contribution in [3.8, 4) is 11.5 Å². The van der Waals surface area contributed by atoms with Crippen molar-refractivity contribution in [1.29, 1.82) is 0 Å². The number of hydrogen-bond acceptors (Lipinski definition) is 4. The first kappa shape index (κ1) is 26.6. The summed E-state index contributed by atoms with van der Waals surface area (Å²) in [5.41, 5.74) is 1.11. The Labute approximate surface area is 224 Å². The number of piperidine rings is 1. The van der Waals surface area contributed by atoms with Crippen LogP contribution >= 0.6 is 0 Å². The third-order valence-corrected chi connectivity index (χ3v) is 7.04. The molecule has 39 heavy (non-hydrogen) atoms. The van der Waals surface area contributed by atoms with Crippen LogP contribution in [0, 0.1) is 5.92 Å². The van der Waals surface area contributed by atoms with Crippen LogP contribution in [0.5, 0.6) is 11.5 Å². The molecular weight excluding hydrogens is 505 g/mol. The molecule has 0 aromatic heterocycles. The summed E-state index contributed by atoms with van der Waals surface area (Å²) in [5.74, 6) is 0.672. The maximum absolute atomic E-state index is 13.2. The zero-order chi connectivity index (χ0) is 27.2. The zero-order valence-electron chi connectivity index (χ0n) is 21.2. The summed E-state index contributed by atoms with van der Waals surface area (Å²) in [6.07, 6.45) is -4.07. The molecule has 1 saturated heterocycles. The Morgan fingerprint density at radius 3 is 2.46 bits per heavy atom. The normalized spacial score (nSPS) is 17.5. The highest BCUT2D eigenvalue weighted by atomic mass is 19.4. The Kier molecular flexibility index (Phi) is 8.02. The van der Waals surface area contributed by atoms with E-state index < -0.39 is 17.8 Å². The molecule has 0 radical (unpaired) electrons. The first-order valence-corrected chi connectivity index (χ1v) is 12.9. The summed E-state index contributed by atoms with van der Waals surface area (Å²) in [4.78, 5) is 12.5. The number of amides is 1. The van der Waals surface area contributed by atoms with Crippen LogP contribution in [0.25, 0.3) is 10.8 Å². The average Bonchev–Trinajstić information content (AvgIpc) is 2.95. The Morgan fingerprint density at radius 1 is 0.923 bits per heavy atom. The van der Waals surface area contributed by atoms with Gasteiger partial charge in [0.05, 0.1) is 5.56 Å². The van der Waals surface area contributed by atoms with E-state index in [0.29, 0.717) is 12.3 Å². The number of benzene rings is 4. The molecule has 1 aliphatic rings. The largest absolute Gasteiger partial charge is 0.488 e. The highest BCUT2D eigenvalue weighted by Crippen LogP contribution is 2.36. The molecule has 0 bridgehead atoms. The van der Waals surface area contributed by atoms with E-state index in [1.807, 2.05) is 60.7 Å². The van der Waals surface area contributed by atoms with Crippen LogP contribution in [0.1, 0.15) is 29.0 Å². The fourth-order valence-corrected chi connectivity index (χ4v) is 5.01. The van der Waals surface area contributed by atoms with Gasteiger partial charge >= 0.3 is 12.3 Å². The van der Waals surface area contributed by atoms with Gasteiger partial charge in [0.25, 0.3) is 0 Å². The molecule has 202 valence electrons. The lowest BCUT2D eigenvalue weighted by atomic mass is 9.81. The Morgan fingerprint density at radius 2 is 1.67 bits per heavy atom. The summed E-state index contributed by atoms with van der Waals surface area (Å²) in [5, 5.41) is 8.37. The third kappa shape index (κ3) is 6.70. The molecule has 2 unspecified atom stereocenters. The minimum atomic E-state index is -4.47. The van der Waals surface area contributed by atoms with E-state index in [9.17, 15) is 18.0 Å². The van der Waals surface area contributed by atoms with Crippen molar-refractivity contribution in [1.82, 2.24) is 10.6 Å². The van der Waals surface area contributed by atoms with E-state index >= 15 is 0 Å². The zero-order valence-corrected chi connectivity index (χ0v) is 21.2. The lowest BCUT2D eigenvalue weighted by Gasteiger charge is -2.32. The third-order valence-electron chi connectivity index (χ3n) is 7.04. The number of carbonyl (C=O) groups excluding carboxylic acids is 1. The SMILES string of the molecule is O=C(NCC1CNCCC1c1ccc(COc2ccccc2C(F)(F)F)cc1)Oc1ccc2ccccc2c1. The number of carbonyl (C=O) groups is 1. The van der Waals surface area contributed by atoms with Gasteiger partial charge in [-0.3, -0.25) is 0 Å². The molecule has 8 heteroatoms. The number of hydrogen-bond donors (Lipinski definition) is 2. The van der Waals surface area contributed by atoms with E-state index in [1.165, 1.54) is 18.2 Å². The second-order valence-corrected chi connectivity index (χ2v) is 9.66. The van der Waals surface area contributed by atoms with Gasteiger partial charge in [0, 0.05) is 13.1 Å². The molecule has 0 aliphatic carbocycles. The van der Waals surface area contributed by atoms with Crippen LogP contribution in [0.3, 0.4) is 0 Å². The Hall–Kier alpha value is -4.04. The van der Waals surface area contributed by atoms with Gasteiger partial charge in [-0.1, -0.05) is 66.7 Å². The summed E-state index contributed by atoms with van der Waals surface area (Å²) in [6, 6.07) is 26.4. The van der Waals surface area contributed by atoms with Gasteiger partial charge < -0.3 is 20.1 Å². The first-order valence-electron chi connectivity index (χ1n) is 12.9. The van der Waals surface area contributed by atoms with Crippen molar-refractivity contribution in [2.45, 2.75) is 25.1 Å².